The SMILES string of the molecule is CCOCCNC(=O)/C(C)=C/C[C@@]12OC(C)(C)[C@H]3C[C@@H](C=C4C(=O)c5c(O)c(C/C=C(\C)CCC=C(C)C)c(O)c(CC=C(C)C)c5O[C@]431)C2=O. The van der Waals surface area contributed by atoms with Crippen molar-refractivity contribution in [3.05, 3.63) is 74.9 Å². The van der Waals surface area contributed by atoms with E-state index in [1.165, 1.54) is 5.57 Å². The molecule has 51 heavy (non-hydrogen) atoms. The monoisotopic (exact) mass is 701 g/mol. The van der Waals surface area contributed by atoms with E-state index in [0.717, 1.165) is 24.0 Å². The van der Waals surface area contributed by atoms with Crippen molar-refractivity contribution in [2.75, 3.05) is 19.8 Å². The minimum absolute atomic E-state index is 0.000166. The average Bonchev–Trinajstić information content (AvgIpc) is 3.21. The predicted molar refractivity (Wildman–Crippen MR) is 197 cm³/mol. The van der Waals surface area contributed by atoms with Crippen molar-refractivity contribution in [3.63, 3.8) is 0 Å². The van der Waals surface area contributed by atoms with Gasteiger partial charge in [0.05, 0.1) is 12.2 Å². The maximum atomic E-state index is 14.9. The lowest BCUT2D eigenvalue weighted by atomic mass is 9.51. The molecule has 6 rings (SSSR count). The fourth-order valence-electron chi connectivity index (χ4n) is 8.33. The summed E-state index contributed by atoms with van der Waals surface area (Å²) in [6.45, 7) is 18.7. The zero-order valence-corrected chi connectivity index (χ0v) is 31.7. The Morgan fingerprint density at radius 1 is 0.980 bits per heavy atom. The number of hydrogen-bond acceptors (Lipinski definition) is 8. The number of ketones is 2. The summed E-state index contributed by atoms with van der Waals surface area (Å²) >= 11 is 0. The number of Topliss-reactive ketones (excluding diaryl/α,β-unsaturated/α-hetero) is 2. The number of benzene rings is 1. The molecule has 2 heterocycles. The van der Waals surface area contributed by atoms with Crippen molar-refractivity contribution in [1.29, 1.82) is 0 Å². The summed E-state index contributed by atoms with van der Waals surface area (Å²) in [7, 11) is 0. The van der Waals surface area contributed by atoms with E-state index in [9.17, 15) is 24.6 Å². The largest absolute Gasteiger partial charge is 0.507 e. The van der Waals surface area contributed by atoms with Gasteiger partial charge in [-0.3, -0.25) is 14.4 Å². The molecule has 4 bridgehead atoms. The molecule has 3 aliphatic carbocycles. The second-order valence-corrected chi connectivity index (χ2v) is 15.5. The number of hydrogen-bond donors (Lipinski definition) is 3. The molecule has 276 valence electrons. The molecule has 5 aliphatic rings. The molecular formula is C42H55NO8. The maximum absolute atomic E-state index is 14.9. The maximum Gasteiger partial charge on any atom is 0.246 e. The molecule has 1 amide bonds. The van der Waals surface area contributed by atoms with Crippen molar-refractivity contribution in [1.82, 2.24) is 5.32 Å². The third-order valence-corrected chi connectivity index (χ3v) is 10.9. The molecule has 1 aromatic rings. The number of fused-ring (bicyclic) bond motifs is 1. The molecular weight excluding hydrogens is 646 g/mol. The van der Waals surface area contributed by atoms with Crippen LogP contribution in [0.4, 0.5) is 0 Å². The van der Waals surface area contributed by atoms with Crippen LogP contribution in [0.3, 0.4) is 0 Å². The van der Waals surface area contributed by atoms with Crippen molar-refractivity contribution in [2.45, 2.75) is 118 Å². The zero-order valence-electron chi connectivity index (χ0n) is 31.7. The standard InChI is InChI=1S/C42H55NO8/c1-10-49-21-20-43-39(48)27(7)18-19-41-38(47)28-22-31-36(46)33-35(45)29(17-15-26(6)13-11-12-24(2)3)34(44)30(16-14-25(4)5)37(33)50-42(31,41)32(23-28)40(8,9)51-41/h12,14-15,18,22,28,32,44-45H,10-11,13,16-17,19-21,23H2,1-9H3,(H,43,48)/b26-15+,27-18+/t28-,32-,41+,42-/m1/s1. The first-order chi connectivity index (χ1) is 24.0. The molecule has 2 fully saturated rings. The van der Waals surface area contributed by atoms with Crippen LogP contribution in [-0.4, -0.2) is 64.2 Å². The second kappa shape index (κ2) is 14.6. The van der Waals surface area contributed by atoms with Crippen LogP contribution in [0.25, 0.3) is 0 Å². The lowest BCUT2D eigenvalue weighted by molar-refractivity contribution is -0.171. The van der Waals surface area contributed by atoms with Gasteiger partial charge in [0.25, 0.3) is 0 Å². The summed E-state index contributed by atoms with van der Waals surface area (Å²) in [4.78, 5) is 42.3. The first kappa shape index (κ1) is 38.3. The highest BCUT2D eigenvalue weighted by Crippen LogP contribution is 2.68. The first-order valence-corrected chi connectivity index (χ1v) is 18.3. The number of nitrogens with one attached hydrogen (secondary N) is 1. The minimum Gasteiger partial charge on any atom is -0.507 e. The van der Waals surface area contributed by atoms with Gasteiger partial charge in [-0.25, -0.2) is 0 Å². The number of carbonyl (C=O) groups excluding carboxylic acids is 3. The Bertz CT molecular complexity index is 1770. The van der Waals surface area contributed by atoms with E-state index in [-0.39, 0.29) is 59.3 Å². The van der Waals surface area contributed by atoms with Gasteiger partial charge in [-0.2, -0.15) is 0 Å². The molecule has 1 spiro atoms. The van der Waals surface area contributed by atoms with Crippen molar-refractivity contribution < 1.29 is 38.8 Å². The fraction of sp³-hybridized carbons (Fsp3) is 0.548. The van der Waals surface area contributed by atoms with E-state index < -0.39 is 34.4 Å². The third-order valence-electron chi connectivity index (χ3n) is 10.9. The summed E-state index contributed by atoms with van der Waals surface area (Å²) in [5, 5.41) is 26.5. The van der Waals surface area contributed by atoms with Gasteiger partial charge < -0.3 is 29.7 Å². The van der Waals surface area contributed by atoms with Gasteiger partial charge >= 0.3 is 0 Å². The van der Waals surface area contributed by atoms with Crippen LogP contribution in [0.1, 0.15) is 109 Å². The lowest BCUT2D eigenvalue weighted by Crippen LogP contribution is -2.72. The van der Waals surface area contributed by atoms with Gasteiger partial charge in [-0.15, -0.1) is 0 Å². The molecule has 1 aromatic carbocycles. The van der Waals surface area contributed by atoms with E-state index in [1.807, 2.05) is 53.7 Å². The normalized spacial score (nSPS) is 25.9. The molecule has 1 saturated carbocycles. The lowest BCUT2D eigenvalue weighted by Gasteiger charge is -2.56. The topological polar surface area (TPSA) is 131 Å². The number of phenolic OH excluding ortho intramolecular Hbond substituents is 2. The van der Waals surface area contributed by atoms with Gasteiger partial charge in [0.1, 0.15) is 22.8 Å². The molecule has 4 atom stereocenters. The van der Waals surface area contributed by atoms with Gasteiger partial charge in [0.2, 0.25) is 5.91 Å². The second-order valence-electron chi connectivity index (χ2n) is 15.5. The van der Waals surface area contributed by atoms with E-state index in [4.69, 9.17) is 14.2 Å². The Balaban J connectivity index is 1.63. The molecule has 9 nitrogen and oxygen atoms in total. The van der Waals surface area contributed by atoms with Crippen LogP contribution in [0, 0.1) is 11.8 Å². The number of amides is 1. The summed E-state index contributed by atoms with van der Waals surface area (Å²) in [5.41, 5.74) is 0.670. The average molecular weight is 702 g/mol. The van der Waals surface area contributed by atoms with Gasteiger partial charge in [0, 0.05) is 53.7 Å². The molecule has 0 aromatic heterocycles. The molecule has 3 N–H and O–H groups in total. The third kappa shape index (κ3) is 6.63. The number of carbonyl (C=O) groups is 3. The number of rotatable bonds is 14. The van der Waals surface area contributed by atoms with Crippen molar-refractivity contribution in [2.24, 2.45) is 11.8 Å². The number of ether oxygens (including phenoxy) is 3. The molecule has 0 unspecified atom stereocenters. The molecule has 2 aliphatic heterocycles. The van der Waals surface area contributed by atoms with Gasteiger partial charge in [-0.05, 0) is 94.4 Å². The number of aromatic hydroxyl groups is 2. The van der Waals surface area contributed by atoms with Gasteiger partial charge in [0.15, 0.2) is 22.8 Å². The minimum atomic E-state index is -1.61. The predicted octanol–water partition coefficient (Wildman–Crippen LogP) is 7.34. The van der Waals surface area contributed by atoms with Crippen molar-refractivity contribution >= 4 is 17.5 Å². The van der Waals surface area contributed by atoms with E-state index >= 15 is 0 Å². The highest BCUT2D eigenvalue weighted by molar-refractivity contribution is 6.18. The molecule has 9 heteroatoms. The summed E-state index contributed by atoms with van der Waals surface area (Å²) in [6.07, 6.45) is 12.1. The van der Waals surface area contributed by atoms with Crippen molar-refractivity contribution in [3.8, 4) is 17.2 Å². The number of allylic oxidation sites excluding steroid dienone is 7. The van der Waals surface area contributed by atoms with Crippen LogP contribution in [-0.2, 0) is 31.9 Å². The highest BCUT2D eigenvalue weighted by atomic mass is 16.6. The van der Waals surface area contributed by atoms with Gasteiger partial charge in [-0.1, -0.05) is 47.1 Å². The Morgan fingerprint density at radius 2 is 1.67 bits per heavy atom. The fourth-order valence-corrected chi connectivity index (χ4v) is 8.33. The van der Waals surface area contributed by atoms with Crippen LogP contribution in [0.5, 0.6) is 17.2 Å². The quantitative estimate of drug-likeness (QED) is 0.104. The summed E-state index contributed by atoms with van der Waals surface area (Å²) < 4.78 is 19.2. The first-order valence-electron chi connectivity index (χ1n) is 18.3. The highest BCUT2D eigenvalue weighted by Gasteiger charge is 2.81. The van der Waals surface area contributed by atoms with E-state index in [0.29, 0.717) is 42.9 Å². The summed E-state index contributed by atoms with van der Waals surface area (Å²) in [6, 6.07) is 0. The smallest absolute Gasteiger partial charge is 0.246 e. The van der Waals surface area contributed by atoms with Crippen LogP contribution in [0.2, 0.25) is 0 Å². The van der Waals surface area contributed by atoms with Crippen LogP contribution < -0.4 is 10.1 Å². The molecule has 0 radical (unpaired) electrons. The molecule has 1 saturated heterocycles. The van der Waals surface area contributed by atoms with E-state index in [1.54, 1.807) is 19.1 Å². The Morgan fingerprint density at radius 3 is 2.33 bits per heavy atom. The Hall–Kier alpha value is -3.95. The summed E-state index contributed by atoms with van der Waals surface area (Å²) in [5.74, 6) is -2.28. The van der Waals surface area contributed by atoms with Crippen LogP contribution >= 0.6 is 0 Å². The van der Waals surface area contributed by atoms with E-state index in [2.05, 4.69) is 25.2 Å². The van der Waals surface area contributed by atoms with Crippen LogP contribution in [0.15, 0.2) is 58.2 Å². The zero-order chi connectivity index (χ0) is 37.5. The Labute approximate surface area is 302 Å². The Kier molecular flexibility index (Phi) is 10.9. The number of phenols is 2.